The molecule has 25 heavy (non-hydrogen) atoms. The van der Waals surface area contributed by atoms with Gasteiger partial charge >= 0.3 is 0 Å². The van der Waals surface area contributed by atoms with E-state index in [2.05, 4.69) is 22.4 Å². The lowest BCUT2D eigenvalue weighted by atomic mass is 9.73. The van der Waals surface area contributed by atoms with Crippen molar-refractivity contribution in [2.75, 3.05) is 26.2 Å². The maximum Gasteiger partial charge on any atom is 0.244 e. The summed E-state index contributed by atoms with van der Waals surface area (Å²) in [5, 5.41) is 11.3. The third-order valence-electron chi connectivity index (χ3n) is 5.54. The summed E-state index contributed by atoms with van der Waals surface area (Å²) < 4.78 is 1.54. The minimum absolute atomic E-state index is 0.0607. The lowest BCUT2D eigenvalue weighted by Crippen LogP contribution is -2.55. The summed E-state index contributed by atoms with van der Waals surface area (Å²) in [7, 11) is 0. The van der Waals surface area contributed by atoms with Crippen LogP contribution in [0.15, 0.2) is 0 Å². The Bertz CT molecular complexity index is 630. The van der Waals surface area contributed by atoms with Crippen molar-refractivity contribution in [2.45, 2.75) is 58.9 Å². The van der Waals surface area contributed by atoms with Gasteiger partial charge in [0.25, 0.3) is 0 Å². The zero-order chi connectivity index (χ0) is 17.9. The summed E-state index contributed by atoms with van der Waals surface area (Å²) in [6, 6.07) is 0. The second kappa shape index (κ2) is 7.49. The summed E-state index contributed by atoms with van der Waals surface area (Å²) in [6.45, 7) is 7.28. The van der Waals surface area contributed by atoms with E-state index in [0.29, 0.717) is 12.2 Å². The number of carbonyl (C=O) groups excluding carboxylic acids is 2. The van der Waals surface area contributed by atoms with Crippen LogP contribution < -0.4 is 0 Å². The second-order valence-electron chi connectivity index (χ2n) is 7.47. The highest BCUT2D eigenvalue weighted by atomic mass is 16.2. The Kier molecular flexibility index (Phi) is 5.34. The van der Waals surface area contributed by atoms with E-state index < -0.39 is 0 Å². The number of hydrogen-bond acceptors (Lipinski definition) is 5. The highest BCUT2D eigenvalue weighted by Crippen LogP contribution is 2.39. The van der Waals surface area contributed by atoms with E-state index in [-0.39, 0.29) is 23.8 Å². The van der Waals surface area contributed by atoms with Crippen molar-refractivity contribution in [1.82, 2.24) is 30.0 Å². The van der Waals surface area contributed by atoms with Crippen LogP contribution in [0.2, 0.25) is 0 Å². The first-order valence-electron chi connectivity index (χ1n) is 9.31. The molecule has 0 aliphatic carbocycles. The molecule has 0 saturated carbocycles. The van der Waals surface area contributed by atoms with E-state index in [9.17, 15) is 9.59 Å². The molecule has 0 radical (unpaired) electrons. The summed E-state index contributed by atoms with van der Waals surface area (Å²) in [5.74, 6) is 0.979. The molecule has 2 aliphatic heterocycles. The monoisotopic (exact) mass is 348 g/mol. The standard InChI is InChI=1S/C17H28N6O2/c1-3-4-9-21-12-17(8-6-15(21)24)7-5-10-22(13-17)16(25)11-23-14(2)18-19-20-23/h3-13H2,1-2H3. The molecular weight excluding hydrogens is 320 g/mol. The van der Waals surface area contributed by atoms with Gasteiger partial charge in [-0.25, -0.2) is 4.68 Å². The number of nitrogens with zero attached hydrogens (tertiary/aromatic N) is 6. The van der Waals surface area contributed by atoms with Crippen LogP contribution in [0.25, 0.3) is 0 Å². The molecule has 0 aromatic carbocycles. The van der Waals surface area contributed by atoms with Gasteiger partial charge in [0.1, 0.15) is 12.4 Å². The first-order valence-corrected chi connectivity index (χ1v) is 9.31. The SMILES string of the molecule is CCCCN1CC2(CCCN(C(=O)Cn3nnnc3C)C2)CCC1=O. The molecule has 2 amide bonds. The summed E-state index contributed by atoms with van der Waals surface area (Å²) in [6.07, 6.45) is 5.72. The number of tetrazole rings is 1. The van der Waals surface area contributed by atoms with Crippen molar-refractivity contribution in [3.63, 3.8) is 0 Å². The predicted molar refractivity (Wildman–Crippen MR) is 91.5 cm³/mol. The number of likely N-dealkylation sites (tertiary alicyclic amines) is 2. The van der Waals surface area contributed by atoms with Crippen molar-refractivity contribution in [1.29, 1.82) is 0 Å². The summed E-state index contributed by atoms with van der Waals surface area (Å²) >= 11 is 0. The summed E-state index contributed by atoms with van der Waals surface area (Å²) in [4.78, 5) is 28.9. The van der Waals surface area contributed by atoms with Crippen molar-refractivity contribution in [2.24, 2.45) is 5.41 Å². The van der Waals surface area contributed by atoms with Gasteiger partial charge in [-0.1, -0.05) is 13.3 Å². The average Bonchev–Trinajstić information content (AvgIpc) is 3.01. The Morgan fingerprint density at radius 2 is 2.12 bits per heavy atom. The van der Waals surface area contributed by atoms with E-state index in [4.69, 9.17) is 0 Å². The Morgan fingerprint density at radius 1 is 1.28 bits per heavy atom. The second-order valence-corrected chi connectivity index (χ2v) is 7.47. The number of rotatable bonds is 5. The van der Waals surface area contributed by atoms with Crippen molar-refractivity contribution < 1.29 is 9.59 Å². The zero-order valence-corrected chi connectivity index (χ0v) is 15.3. The fourth-order valence-corrected chi connectivity index (χ4v) is 4.03. The zero-order valence-electron chi connectivity index (χ0n) is 15.3. The van der Waals surface area contributed by atoms with Crippen LogP contribution in [0.4, 0.5) is 0 Å². The number of aromatic nitrogens is 4. The Morgan fingerprint density at radius 3 is 2.84 bits per heavy atom. The number of piperidine rings is 2. The Balaban J connectivity index is 1.64. The van der Waals surface area contributed by atoms with Crippen LogP contribution in [0, 0.1) is 12.3 Å². The van der Waals surface area contributed by atoms with E-state index in [1.54, 1.807) is 11.6 Å². The molecule has 2 fully saturated rings. The average molecular weight is 348 g/mol. The highest BCUT2D eigenvalue weighted by molar-refractivity contribution is 5.78. The molecule has 8 heteroatoms. The third kappa shape index (κ3) is 3.99. The molecule has 0 N–H and O–H groups in total. The van der Waals surface area contributed by atoms with Gasteiger partial charge in [-0.15, -0.1) is 5.10 Å². The molecule has 1 aromatic heterocycles. The first-order chi connectivity index (χ1) is 12.0. The van der Waals surface area contributed by atoms with Gasteiger partial charge in [-0.3, -0.25) is 9.59 Å². The smallest absolute Gasteiger partial charge is 0.244 e. The molecule has 2 aliphatic rings. The predicted octanol–water partition coefficient (Wildman–Crippen LogP) is 1.01. The van der Waals surface area contributed by atoms with Crippen LogP contribution in [0.5, 0.6) is 0 Å². The minimum Gasteiger partial charge on any atom is -0.342 e. The fourth-order valence-electron chi connectivity index (χ4n) is 4.03. The summed E-state index contributed by atoms with van der Waals surface area (Å²) in [5.41, 5.74) is 0.0607. The molecule has 0 bridgehead atoms. The highest BCUT2D eigenvalue weighted by Gasteiger charge is 2.42. The van der Waals surface area contributed by atoms with E-state index in [1.165, 1.54) is 0 Å². The molecule has 1 unspecified atom stereocenters. The topological polar surface area (TPSA) is 84.2 Å². The molecule has 1 atom stereocenters. The van der Waals surface area contributed by atoms with E-state index in [0.717, 1.165) is 58.3 Å². The lowest BCUT2D eigenvalue weighted by molar-refractivity contribution is -0.143. The quantitative estimate of drug-likeness (QED) is 0.793. The lowest BCUT2D eigenvalue weighted by Gasteiger charge is -2.48. The molecule has 138 valence electrons. The first kappa shape index (κ1) is 17.8. The minimum atomic E-state index is 0.0607. The number of unbranched alkanes of at least 4 members (excludes halogenated alkanes) is 1. The van der Waals surface area contributed by atoms with Gasteiger partial charge < -0.3 is 9.80 Å². The molecule has 1 aromatic rings. The van der Waals surface area contributed by atoms with Gasteiger partial charge in [0, 0.05) is 38.0 Å². The molecule has 1 spiro atoms. The van der Waals surface area contributed by atoms with Crippen molar-refractivity contribution >= 4 is 11.8 Å². The molecule has 8 nitrogen and oxygen atoms in total. The molecular formula is C17H28N6O2. The fraction of sp³-hybridized carbons (Fsp3) is 0.824. The number of aryl methyl sites for hydroxylation is 1. The third-order valence-corrected chi connectivity index (χ3v) is 5.54. The van der Waals surface area contributed by atoms with Gasteiger partial charge in [0.15, 0.2) is 0 Å². The van der Waals surface area contributed by atoms with Crippen LogP contribution >= 0.6 is 0 Å². The maximum atomic E-state index is 12.7. The number of carbonyl (C=O) groups is 2. The van der Waals surface area contributed by atoms with Crippen molar-refractivity contribution in [3.05, 3.63) is 5.82 Å². The van der Waals surface area contributed by atoms with Crippen LogP contribution in [0.3, 0.4) is 0 Å². The van der Waals surface area contributed by atoms with Crippen LogP contribution in [-0.2, 0) is 16.1 Å². The molecule has 2 saturated heterocycles. The molecule has 3 rings (SSSR count). The Labute approximate surface area is 148 Å². The number of amides is 2. The van der Waals surface area contributed by atoms with Gasteiger partial charge in [0.2, 0.25) is 11.8 Å². The Hall–Kier alpha value is -1.99. The largest absolute Gasteiger partial charge is 0.342 e. The maximum absolute atomic E-state index is 12.7. The van der Waals surface area contributed by atoms with Crippen LogP contribution in [-0.4, -0.2) is 68.0 Å². The van der Waals surface area contributed by atoms with Gasteiger partial charge in [-0.2, -0.15) is 0 Å². The van der Waals surface area contributed by atoms with Gasteiger partial charge in [0.05, 0.1) is 0 Å². The van der Waals surface area contributed by atoms with Gasteiger partial charge in [-0.05, 0) is 43.0 Å². The molecule has 3 heterocycles. The van der Waals surface area contributed by atoms with Crippen LogP contribution in [0.1, 0.15) is 51.3 Å². The normalized spacial score (nSPS) is 24.2. The number of hydrogen-bond donors (Lipinski definition) is 0. The van der Waals surface area contributed by atoms with E-state index in [1.807, 2.05) is 9.80 Å². The van der Waals surface area contributed by atoms with Crippen molar-refractivity contribution in [3.8, 4) is 0 Å². The van der Waals surface area contributed by atoms with E-state index >= 15 is 0 Å².